The van der Waals surface area contributed by atoms with Crippen molar-refractivity contribution in [2.24, 2.45) is 0 Å². The highest BCUT2D eigenvalue weighted by Gasteiger charge is 1.97. The van der Waals surface area contributed by atoms with E-state index in [0.29, 0.717) is 0 Å². The second kappa shape index (κ2) is 6.00. The molecule has 1 aromatic heterocycles. The molecule has 0 spiro atoms. The lowest BCUT2D eigenvalue weighted by Crippen LogP contribution is -1.89. The summed E-state index contributed by atoms with van der Waals surface area (Å²) in [5.41, 5.74) is 0.900. The van der Waals surface area contributed by atoms with Crippen molar-refractivity contribution in [1.29, 1.82) is 0 Å². The van der Waals surface area contributed by atoms with Crippen LogP contribution in [0.2, 0.25) is 0 Å². The monoisotopic (exact) mass is 231 g/mol. The highest BCUT2D eigenvalue weighted by atomic mass is 79.9. The molecule has 68 valence electrons. The van der Waals surface area contributed by atoms with Gasteiger partial charge < -0.3 is 4.74 Å². The molecule has 0 unspecified atom stereocenters. The van der Waals surface area contributed by atoms with Gasteiger partial charge in [0.25, 0.3) is 0 Å². The number of hydrogen-bond acceptors (Lipinski definition) is 2. The third-order valence-corrected chi connectivity index (χ3v) is 1.66. The lowest BCUT2D eigenvalue weighted by atomic mass is 10.3. The van der Waals surface area contributed by atoms with Crippen LogP contribution >= 0.6 is 15.9 Å². The van der Waals surface area contributed by atoms with Crippen molar-refractivity contribution in [3.8, 4) is 5.75 Å². The average molecular weight is 232 g/mol. The largest absolute Gasteiger partial charge is 0.495 e. The molecule has 0 amide bonds. The van der Waals surface area contributed by atoms with Crippen LogP contribution in [0.4, 0.5) is 0 Å². The van der Waals surface area contributed by atoms with Gasteiger partial charge in [-0.05, 0) is 35.0 Å². The molecule has 0 bridgehead atoms. The zero-order valence-corrected chi connectivity index (χ0v) is 9.47. The first-order valence-corrected chi connectivity index (χ1v) is 4.70. The zero-order valence-electron chi connectivity index (χ0n) is 7.89. The molecule has 1 heterocycles. The molecule has 0 saturated heterocycles. The Bertz CT molecular complexity index is 238. The SMILES string of the molecule is CC.COc1ccc(Br)nc1C. The minimum atomic E-state index is 0.822. The third kappa shape index (κ3) is 3.22. The van der Waals surface area contributed by atoms with Crippen molar-refractivity contribution in [2.75, 3.05) is 7.11 Å². The fraction of sp³-hybridized carbons (Fsp3) is 0.444. The lowest BCUT2D eigenvalue weighted by molar-refractivity contribution is 0.409. The first kappa shape index (κ1) is 11.4. The minimum absolute atomic E-state index is 0.822. The summed E-state index contributed by atoms with van der Waals surface area (Å²) in [6, 6.07) is 3.73. The first-order chi connectivity index (χ1) is 5.74. The molecule has 0 aromatic carbocycles. The smallest absolute Gasteiger partial charge is 0.140 e. The van der Waals surface area contributed by atoms with E-state index in [0.717, 1.165) is 16.0 Å². The summed E-state index contributed by atoms with van der Waals surface area (Å²) in [5.74, 6) is 0.822. The summed E-state index contributed by atoms with van der Waals surface area (Å²) in [4.78, 5) is 4.14. The van der Waals surface area contributed by atoms with Crippen molar-refractivity contribution >= 4 is 15.9 Å². The quantitative estimate of drug-likeness (QED) is 0.693. The van der Waals surface area contributed by atoms with Gasteiger partial charge in [0.05, 0.1) is 12.8 Å². The Morgan fingerprint density at radius 1 is 1.33 bits per heavy atom. The topological polar surface area (TPSA) is 22.1 Å². The van der Waals surface area contributed by atoms with Crippen LogP contribution in [0.1, 0.15) is 19.5 Å². The first-order valence-electron chi connectivity index (χ1n) is 3.91. The van der Waals surface area contributed by atoms with E-state index in [1.807, 2.05) is 32.9 Å². The number of nitrogens with zero attached hydrogens (tertiary/aromatic N) is 1. The second-order valence-corrected chi connectivity index (χ2v) is 2.73. The third-order valence-electron chi connectivity index (χ3n) is 1.22. The Balaban J connectivity index is 0.000000561. The maximum atomic E-state index is 5.02. The van der Waals surface area contributed by atoms with Gasteiger partial charge in [0, 0.05) is 0 Å². The van der Waals surface area contributed by atoms with Gasteiger partial charge >= 0.3 is 0 Å². The van der Waals surface area contributed by atoms with Gasteiger partial charge in [-0.25, -0.2) is 4.98 Å². The highest BCUT2D eigenvalue weighted by molar-refractivity contribution is 9.10. The molecule has 0 atom stereocenters. The molecule has 12 heavy (non-hydrogen) atoms. The van der Waals surface area contributed by atoms with Gasteiger partial charge in [-0.15, -0.1) is 0 Å². The molecule has 1 rings (SSSR count). The van der Waals surface area contributed by atoms with Crippen molar-refractivity contribution in [1.82, 2.24) is 4.98 Å². The Kier molecular flexibility index (Phi) is 5.72. The number of aromatic nitrogens is 1. The second-order valence-electron chi connectivity index (χ2n) is 1.92. The van der Waals surface area contributed by atoms with Crippen LogP contribution in [0.15, 0.2) is 16.7 Å². The number of halogens is 1. The molecule has 1 aromatic rings. The Labute approximate surface area is 82.1 Å². The predicted octanol–water partition coefficient (Wildman–Crippen LogP) is 3.19. The van der Waals surface area contributed by atoms with E-state index in [9.17, 15) is 0 Å². The molecule has 0 N–H and O–H groups in total. The predicted molar refractivity (Wildman–Crippen MR) is 54.6 cm³/mol. The van der Waals surface area contributed by atoms with Crippen LogP contribution in [-0.2, 0) is 0 Å². The van der Waals surface area contributed by atoms with Crippen LogP contribution in [-0.4, -0.2) is 12.1 Å². The summed E-state index contributed by atoms with van der Waals surface area (Å²) in [6.45, 7) is 5.91. The van der Waals surface area contributed by atoms with Gasteiger partial charge in [0.15, 0.2) is 0 Å². The van der Waals surface area contributed by atoms with E-state index in [2.05, 4.69) is 20.9 Å². The molecule has 0 aliphatic heterocycles. The average Bonchev–Trinajstić information content (AvgIpc) is 2.08. The van der Waals surface area contributed by atoms with E-state index in [-0.39, 0.29) is 0 Å². The van der Waals surface area contributed by atoms with Crippen molar-refractivity contribution in [3.05, 3.63) is 22.4 Å². The molecule has 0 aliphatic carbocycles. The normalized spacial score (nSPS) is 8.42. The molecule has 0 fully saturated rings. The molecular weight excluding hydrogens is 218 g/mol. The maximum absolute atomic E-state index is 5.02. The van der Waals surface area contributed by atoms with Crippen LogP contribution in [0, 0.1) is 6.92 Å². The van der Waals surface area contributed by atoms with E-state index in [1.54, 1.807) is 7.11 Å². The van der Waals surface area contributed by atoms with Crippen molar-refractivity contribution < 1.29 is 4.74 Å². The summed E-state index contributed by atoms with van der Waals surface area (Å²) >= 11 is 3.26. The van der Waals surface area contributed by atoms with E-state index < -0.39 is 0 Å². The van der Waals surface area contributed by atoms with Gasteiger partial charge in [-0.3, -0.25) is 0 Å². The van der Waals surface area contributed by atoms with Gasteiger partial charge in [-0.1, -0.05) is 13.8 Å². The fourth-order valence-corrected chi connectivity index (χ4v) is 1.13. The summed E-state index contributed by atoms with van der Waals surface area (Å²) in [6.07, 6.45) is 0. The van der Waals surface area contributed by atoms with Crippen molar-refractivity contribution in [2.45, 2.75) is 20.8 Å². The van der Waals surface area contributed by atoms with Crippen LogP contribution in [0.5, 0.6) is 5.75 Å². The zero-order chi connectivity index (χ0) is 9.56. The van der Waals surface area contributed by atoms with Gasteiger partial charge in [0.1, 0.15) is 10.4 Å². The standard InChI is InChI=1S/C7H8BrNO.C2H6/c1-5-6(10-2)3-4-7(8)9-5;1-2/h3-4H,1-2H3;1-2H3. The van der Waals surface area contributed by atoms with E-state index in [4.69, 9.17) is 4.74 Å². The molecular formula is C9H14BrNO. The fourth-order valence-electron chi connectivity index (χ4n) is 0.733. The molecule has 3 heteroatoms. The highest BCUT2D eigenvalue weighted by Crippen LogP contribution is 2.17. The molecule has 0 radical (unpaired) electrons. The minimum Gasteiger partial charge on any atom is -0.495 e. The number of hydrogen-bond donors (Lipinski definition) is 0. The summed E-state index contributed by atoms with van der Waals surface area (Å²) in [7, 11) is 1.64. The Morgan fingerprint density at radius 2 is 1.92 bits per heavy atom. The van der Waals surface area contributed by atoms with Crippen LogP contribution < -0.4 is 4.74 Å². The molecule has 0 aliphatic rings. The van der Waals surface area contributed by atoms with Crippen molar-refractivity contribution in [3.63, 3.8) is 0 Å². The number of ether oxygens (including phenoxy) is 1. The van der Waals surface area contributed by atoms with Crippen LogP contribution in [0.25, 0.3) is 0 Å². The van der Waals surface area contributed by atoms with E-state index in [1.165, 1.54) is 0 Å². The van der Waals surface area contributed by atoms with Gasteiger partial charge in [0.2, 0.25) is 0 Å². The molecule has 2 nitrogen and oxygen atoms in total. The number of pyridine rings is 1. The number of methoxy groups -OCH3 is 1. The summed E-state index contributed by atoms with van der Waals surface area (Å²) < 4.78 is 5.86. The Hall–Kier alpha value is -0.570. The van der Waals surface area contributed by atoms with Crippen LogP contribution in [0.3, 0.4) is 0 Å². The summed E-state index contributed by atoms with van der Waals surface area (Å²) in [5, 5.41) is 0. The van der Waals surface area contributed by atoms with Gasteiger partial charge in [-0.2, -0.15) is 0 Å². The molecule has 0 saturated carbocycles. The Morgan fingerprint density at radius 3 is 2.33 bits per heavy atom. The van der Waals surface area contributed by atoms with E-state index >= 15 is 0 Å². The maximum Gasteiger partial charge on any atom is 0.140 e. The number of rotatable bonds is 1. The lowest BCUT2D eigenvalue weighted by Gasteiger charge is -2.01. The number of aryl methyl sites for hydroxylation is 1.